The summed E-state index contributed by atoms with van der Waals surface area (Å²) in [4.78, 5) is 5.55. The van der Waals surface area contributed by atoms with Crippen molar-refractivity contribution in [1.29, 1.82) is 0 Å². The minimum atomic E-state index is 0.783. The molecule has 0 unspecified atom stereocenters. The van der Waals surface area contributed by atoms with E-state index in [0.717, 1.165) is 29.9 Å². The molecule has 0 bridgehead atoms. The van der Waals surface area contributed by atoms with Crippen LogP contribution in [0.1, 0.15) is 18.4 Å². The zero-order valence-electron chi connectivity index (χ0n) is 8.58. The summed E-state index contributed by atoms with van der Waals surface area (Å²) in [5.74, 6) is 0. The molecular formula is C11H15BrN2O. The maximum atomic E-state index is 5.69. The highest BCUT2D eigenvalue weighted by molar-refractivity contribution is 9.10. The van der Waals surface area contributed by atoms with Crippen LogP contribution >= 0.6 is 15.9 Å². The molecule has 3 nitrogen and oxygen atoms in total. The van der Waals surface area contributed by atoms with Crippen LogP contribution in [0.5, 0.6) is 0 Å². The van der Waals surface area contributed by atoms with E-state index in [0.29, 0.717) is 0 Å². The smallest absolute Gasteiger partial charge is 0.0685 e. The number of hydrogen-bond acceptors (Lipinski definition) is 3. The molecule has 1 aliphatic heterocycles. The summed E-state index contributed by atoms with van der Waals surface area (Å²) in [7, 11) is 0. The predicted molar refractivity (Wildman–Crippen MR) is 64.2 cm³/mol. The fourth-order valence-corrected chi connectivity index (χ4v) is 2.18. The number of anilines is 1. The summed E-state index contributed by atoms with van der Waals surface area (Å²) < 4.78 is 1.05. The van der Waals surface area contributed by atoms with Gasteiger partial charge in [-0.25, -0.2) is 0 Å². The Balaban J connectivity index is 2.03. The third-order valence-electron chi connectivity index (χ3n) is 2.50. The van der Waals surface area contributed by atoms with Crippen molar-refractivity contribution in [2.24, 2.45) is 0 Å². The van der Waals surface area contributed by atoms with Crippen molar-refractivity contribution in [3.05, 3.63) is 28.2 Å². The van der Waals surface area contributed by atoms with Crippen molar-refractivity contribution in [1.82, 2.24) is 5.06 Å². The van der Waals surface area contributed by atoms with E-state index in [1.54, 1.807) is 0 Å². The predicted octanol–water partition coefficient (Wildman–Crippen LogP) is 2.56. The van der Waals surface area contributed by atoms with Gasteiger partial charge in [0.1, 0.15) is 0 Å². The second kappa shape index (κ2) is 4.96. The van der Waals surface area contributed by atoms with Crippen LogP contribution in [-0.4, -0.2) is 18.2 Å². The number of halogens is 1. The summed E-state index contributed by atoms with van der Waals surface area (Å²) in [6, 6.07) is 5.89. The number of rotatable bonds is 2. The van der Waals surface area contributed by atoms with Gasteiger partial charge in [-0.3, -0.25) is 4.84 Å². The van der Waals surface area contributed by atoms with Gasteiger partial charge >= 0.3 is 0 Å². The largest absolute Gasteiger partial charge is 0.399 e. The Hall–Kier alpha value is -0.580. The molecule has 2 rings (SSSR count). The topological polar surface area (TPSA) is 38.5 Å². The van der Waals surface area contributed by atoms with Crippen LogP contribution in [0.25, 0.3) is 0 Å². The molecule has 0 radical (unpaired) electrons. The van der Waals surface area contributed by atoms with Crippen molar-refractivity contribution in [3.8, 4) is 0 Å². The van der Waals surface area contributed by atoms with E-state index < -0.39 is 0 Å². The van der Waals surface area contributed by atoms with Gasteiger partial charge in [-0.15, -0.1) is 0 Å². The first-order chi connectivity index (χ1) is 7.25. The normalized spacial score (nSPS) is 17.9. The van der Waals surface area contributed by atoms with Crippen LogP contribution in [0.15, 0.2) is 22.7 Å². The molecule has 0 saturated carbocycles. The molecule has 82 valence electrons. The average molecular weight is 271 g/mol. The lowest BCUT2D eigenvalue weighted by Gasteiger charge is -2.26. The van der Waals surface area contributed by atoms with E-state index in [2.05, 4.69) is 15.9 Å². The Morgan fingerprint density at radius 1 is 1.40 bits per heavy atom. The van der Waals surface area contributed by atoms with Crippen molar-refractivity contribution >= 4 is 21.6 Å². The molecule has 1 aromatic carbocycles. The second-order valence-corrected chi connectivity index (χ2v) is 4.61. The summed E-state index contributed by atoms with van der Waals surface area (Å²) in [6.45, 7) is 2.67. The van der Waals surface area contributed by atoms with Crippen molar-refractivity contribution in [2.75, 3.05) is 18.9 Å². The standard InChI is InChI=1S/C11H15BrN2O/c12-11-7-10(13)4-3-9(11)8-14-5-1-2-6-15-14/h3-4,7H,1-2,5-6,8,13H2. The van der Waals surface area contributed by atoms with E-state index in [4.69, 9.17) is 10.6 Å². The lowest BCUT2D eigenvalue weighted by atomic mass is 10.2. The van der Waals surface area contributed by atoms with Crippen molar-refractivity contribution < 1.29 is 4.84 Å². The van der Waals surface area contributed by atoms with Crippen LogP contribution in [0, 0.1) is 0 Å². The fraction of sp³-hybridized carbons (Fsp3) is 0.455. The molecule has 1 aliphatic rings. The van der Waals surface area contributed by atoms with Crippen molar-refractivity contribution in [3.63, 3.8) is 0 Å². The maximum absolute atomic E-state index is 5.69. The highest BCUT2D eigenvalue weighted by atomic mass is 79.9. The van der Waals surface area contributed by atoms with Gasteiger partial charge in [-0.2, -0.15) is 5.06 Å². The van der Waals surface area contributed by atoms with E-state index >= 15 is 0 Å². The third-order valence-corrected chi connectivity index (χ3v) is 3.24. The Labute approximate surface area is 98.3 Å². The number of nitrogens with zero attached hydrogens (tertiary/aromatic N) is 1. The minimum Gasteiger partial charge on any atom is -0.399 e. The molecule has 1 heterocycles. The fourth-order valence-electron chi connectivity index (χ4n) is 1.65. The van der Waals surface area contributed by atoms with Gasteiger partial charge in [0, 0.05) is 16.7 Å². The molecule has 1 aromatic rings. The first-order valence-corrected chi connectivity index (χ1v) is 5.97. The molecule has 2 N–H and O–H groups in total. The van der Waals surface area contributed by atoms with Gasteiger partial charge in [-0.05, 0) is 30.5 Å². The molecule has 0 amide bonds. The summed E-state index contributed by atoms with van der Waals surface area (Å²) in [6.07, 6.45) is 2.38. The molecule has 1 fully saturated rings. The highest BCUT2D eigenvalue weighted by Gasteiger charge is 2.12. The summed E-state index contributed by atoms with van der Waals surface area (Å²) in [5, 5.41) is 2.01. The number of benzene rings is 1. The molecule has 15 heavy (non-hydrogen) atoms. The van der Waals surface area contributed by atoms with E-state index in [-0.39, 0.29) is 0 Å². The molecule has 1 saturated heterocycles. The van der Waals surface area contributed by atoms with E-state index in [1.165, 1.54) is 18.4 Å². The monoisotopic (exact) mass is 270 g/mol. The van der Waals surface area contributed by atoms with E-state index in [1.807, 2.05) is 23.3 Å². The molecule has 0 spiro atoms. The van der Waals surface area contributed by atoms with Crippen LogP contribution in [-0.2, 0) is 11.4 Å². The first kappa shape index (κ1) is 10.9. The van der Waals surface area contributed by atoms with Gasteiger partial charge in [0.25, 0.3) is 0 Å². The molecule has 0 atom stereocenters. The van der Waals surface area contributed by atoms with Gasteiger partial charge in [0.05, 0.1) is 13.2 Å². The van der Waals surface area contributed by atoms with Gasteiger partial charge in [0.2, 0.25) is 0 Å². The number of hydrogen-bond donors (Lipinski definition) is 1. The molecule has 4 heteroatoms. The Morgan fingerprint density at radius 3 is 2.93 bits per heavy atom. The summed E-state index contributed by atoms with van der Waals surface area (Å²) >= 11 is 3.51. The zero-order valence-corrected chi connectivity index (χ0v) is 10.2. The molecular weight excluding hydrogens is 256 g/mol. The number of hydroxylamine groups is 2. The quantitative estimate of drug-likeness (QED) is 0.840. The lowest BCUT2D eigenvalue weighted by Crippen LogP contribution is -2.29. The van der Waals surface area contributed by atoms with Gasteiger partial charge in [-0.1, -0.05) is 22.0 Å². The third kappa shape index (κ3) is 2.93. The van der Waals surface area contributed by atoms with Crippen LogP contribution in [0.3, 0.4) is 0 Å². The maximum Gasteiger partial charge on any atom is 0.0685 e. The van der Waals surface area contributed by atoms with Gasteiger partial charge < -0.3 is 5.73 Å². The Morgan fingerprint density at radius 2 is 2.27 bits per heavy atom. The Bertz CT molecular complexity index is 337. The van der Waals surface area contributed by atoms with Crippen LogP contribution in [0.2, 0.25) is 0 Å². The van der Waals surface area contributed by atoms with Gasteiger partial charge in [0.15, 0.2) is 0 Å². The average Bonchev–Trinajstić information content (AvgIpc) is 2.24. The minimum absolute atomic E-state index is 0.783. The van der Waals surface area contributed by atoms with Crippen LogP contribution < -0.4 is 5.73 Å². The zero-order chi connectivity index (χ0) is 10.7. The number of nitrogen functional groups attached to an aromatic ring is 1. The molecule has 0 aromatic heterocycles. The highest BCUT2D eigenvalue weighted by Crippen LogP contribution is 2.22. The lowest BCUT2D eigenvalue weighted by molar-refractivity contribution is -0.187. The second-order valence-electron chi connectivity index (χ2n) is 3.75. The van der Waals surface area contributed by atoms with Crippen molar-refractivity contribution in [2.45, 2.75) is 19.4 Å². The first-order valence-electron chi connectivity index (χ1n) is 5.17. The Kier molecular flexibility index (Phi) is 3.61. The summed E-state index contributed by atoms with van der Waals surface area (Å²) in [5.41, 5.74) is 7.68. The van der Waals surface area contributed by atoms with E-state index in [9.17, 15) is 0 Å². The molecule has 0 aliphatic carbocycles. The SMILES string of the molecule is Nc1ccc(CN2CCCCO2)c(Br)c1. The van der Waals surface area contributed by atoms with Crippen LogP contribution in [0.4, 0.5) is 5.69 Å². The number of nitrogens with two attached hydrogens (primary N) is 1.